The summed E-state index contributed by atoms with van der Waals surface area (Å²) in [5.74, 6) is -0.308. The van der Waals surface area contributed by atoms with Crippen molar-refractivity contribution in [3.05, 3.63) is 35.6 Å². The van der Waals surface area contributed by atoms with Crippen LogP contribution < -0.4 is 4.72 Å². The molecule has 1 aromatic carbocycles. The van der Waals surface area contributed by atoms with Crippen LogP contribution in [-0.4, -0.2) is 36.1 Å². The lowest BCUT2D eigenvalue weighted by Crippen LogP contribution is -2.55. The van der Waals surface area contributed by atoms with E-state index in [1.807, 2.05) is 20.8 Å². The molecular weight excluding hydrogens is 432 g/mol. The van der Waals surface area contributed by atoms with Crippen LogP contribution in [0.1, 0.15) is 72.8 Å². The Kier molecular flexibility index (Phi) is 8.33. The Labute approximate surface area is 191 Å². The molecule has 0 aromatic heterocycles. The quantitative estimate of drug-likeness (QED) is 0.464. The number of rotatable bonds is 7. The van der Waals surface area contributed by atoms with E-state index < -0.39 is 42.2 Å². The van der Waals surface area contributed by atoms with Crippen LogP contribution >= 0.6 is 0 Å². The first kappa shape index (κ1) is 26.6. The number of benzene rings is 1. The molecule has 0 bridgehead atoms. The maximum atomic E-state index is 14.4. The van der Waals surface area contributed by atoms with Crippen LogP contribution in [0, 0.1) is 5.82 Å². The molecule has 3 nitrogen and oxygen atoms in total. The molecule has 1 aliphatic carbocycles. The molecular formula is C24H41F2NO2SSi. The standard InChI is InChI=1S/C24H41F2NO2SSi/c1-22(2,3)30(28)27-21(17-25)24(18-9-11-19(26)12-10-18)15-13-20(14-16-24)29-31(7,8)23(4,5)6/h9-12,20-21,27H,13-17H2,1-8H3. The average molecular weight is 474 g/mol. The second kappa shape index (κ2) is 9.70. The van der Waals surface area contributed by atoms with Crippen LogP contribution in [0.2, 0.25) is 18.1 Å². The predicted octanol–water partition coefficient (Wildman–Crippen LogP) is 6.42. The summed E-state index contributed by atoms with van der Waals surface area (Å²) in [5.41, 5.74) is 0.358. The van der Waals surface area contributed by atoms with Gasteiger partial charge in [-0.15, -0.1) is 0 Å². The van der Waals surface area contributed by atoms with Gasteiger partial charge in [-0.1, -0.05) is 32.9 Å². The van der Waals surface area contributed by atoms with E-state index in [-0.39, 0.29) is 17.0 Å². The molecule has 1 saturated carbocycles. The van der Waals surface area contributed by atoms with E-state index in [0.29, 0.717) is 12.8 Å². The number of nitrogens with one attached hydrogen (secondary N) is 1. The highest BCUT2D eigenvalue weighted by Crippen LogP contribution is 2.46. The Balaban J connectivity index is 2.31. The lowest BCUT2D eigenvalue weighted by molar-refractivity contribution is 0.0855. The Bertz CT molecular complexity index is 748. The fourth-order valence-corrected chi connectivity index (χ4v) is 6.36. The topological polar surface area (TPSA) is 38.3 Å². The van der Waals surface area contributed by atoms with Gasteiger partial charge < -0.3 is 4.43 Å². The van der Waals surface area contributed by atoms with Crippen molar-refractivity contribution in [2.75, 3.05) is 6.67 Å². The van der Waals surface area contributed by atoms with Gasteiger partial charge in [0.15, 0.2) is 8.32 Å². The van der Waals surface area contributed by atoms with Crippen LogP contribution in [0.3, 0.4) is 0 Å². The molecule has 1 N–H and O–H groups in total. The summed E-state index contributed by atoms with van der Waals surface area (Å²) in [6.07, 6.45) is 3.18. The van der Waals surface area contributed by atoms with Crippen molar-refractivity contribution in [1.82, 2.24) is 4.72 Å². The third kappa shape index (κ3) is 6.24. The molecule has 31 heavy (non-hydrogen) atoms. The molecule has 0 aliphatic heterocycles. The minimum Gasteiger partial charge on any atom is -0.414 e. The van der Waals surface area contributed by atoms with Crippen molar-refractivity contribution in [3.8, 4) is 0 Å². The van der Waals surface area contributed by atoms with Gasteiger partial charge in [0.25, 0.3) is 0 Å². The van der Waals surface area contributed by atoms with E-state index in [4.69, 9.17) is 4.43 Å². The number of halogens is 2. The molecule has 2 unspecified atom stereocenters. The Morgan fingerprint density at radius 2 is 1.65 bits per heavy atom. The molecule has 1 aromatic rings. The fourth-order valence-electron chi connectivity index (χ4n) is 4.04. The van der Waals surface area contributed by atoms with E-state index in [1.54, 1.807) is 12.1 Å². The molecule has 0 amide bonds. The van der Waals surface area contributed by atoms with Gasteiger partial charge in [0.05, 0.1) is 21.8 Å². The van der Waals surface area contributed by atoms with Gasteiger partial charge in [0, 0.05) is 11.5 Å². The monoisotopic (exact) mass is 473 g/mol. The van der Waals surface area contributed by atoms with Crippen molar-refractivity contribution in [2.24, 2.45) is 0 Å². The summed E-state index contributed by atoms with van der Waals surface area (Å²) in [5, 5.41) is 0.130. The summed E-state index contributed by atoms with van der Waals surface area (Å²) in [4.78, 5) is 0. The number of hydrogen-bond acceptors (Lipinski definition) is 2. The number of hydrogen-bond donors (Lipinski definition) is 1. The van der Waals surface area contributed by atoms with E-state index >= 15 is 0 Å². The second-order valence-corrected chi connectivity index (χ2v) is 18.2. The molecule has 1 fully saturated rings. The van der Waals surface area contributed by atoms with E-state index in [0.717, 1.165) is 18.4 Å². The molecule has 7 heteroatoms. The van der Waals surface area contributed by atoms with Crippen molar-refractivity contribution in [2.45, 2.75) is 108 Å². The zero-order valence-corrected chi connectivity index (χ0v) is 22.3. The summed E-state index contributed by atoms with van der Waals surface area (Å²) < 4.78 is 50.1. The normalized spacial score (nSPS) is 25.3. The second-order valence-electron chi connectivity index (χ2n) is 11.4. The van der Waals surface area contributed by atoms with Crippen LogP contribution in [0.4, 0.5) is 8.78 Å². The van der Waals surface area contributed by atoms with Gasteiger partial charge in [0.2, 0.25) is 0 Å². The Morgan fingerprint density at radius 1 is 1.13 bits per heavy atom. The summed E-state index contributed by atoms with van der Waals surface area (Å²) in [6, 6.07) is 5.78. The van der Waals surface area contributed by atoms with E-state index in [9.17, 15) is 13.0 Å². The first-order chi connectivity index (χ1) is 14.1. The highest BCUT2D eigenvalue weighted by atomic mass is 32.2. The van der Waals surface area contributed by atoms with Gasteiger partial charge in [-0.05, 0) is 82.3 Å². The third-order valence-corrected chi connectivity index (χ3v) is 13.3. The van der Waals surface area contributed by atoms with Gasteiger partial charge in [-0.2, -0.15) is 0 Å². The molecule has 0 heterocycles. The Morgan fingerprint density at radius 3 is 2.06 bits per heavy atom. The molecule has 0 saturated heterocycles. The van der Waals surface area contributed by atoms with Gasteiger partial charge in [-0.3, -0.25) is 0 Å². The first-order valence-electron chi connectivity index (χ1n) is 11.3. The zero-order chi connectivity index (χ0) is 23.7. The minimum atomic E-state index is -1.90. The molecule has 1 aliphatic rings. The SMILES string of the molecule is CC(C)(C)S(=O)NC(CF)C1(c2ccc(F)cc2)CCC(O[Si](C)(C)C(C)(C)C)CC1. The lowest BCUT2D eigenvalue weighted by Gasteiger charge is -2.48. The van der Waals surface area contributed by atoms with E-state index in [1.165, 1.54) is 12.1 Å². The average Bonchev–Trinajstić information content (AvgIpc) is 2.65. The minimum absolute atomic E-state index is 0.130. The molecule has 2 atom stereocenters. The predicted molar refractivity (Wildman–Crippen MR) is 129 cm³/mol. The van der Waals surface area contributed by atoms with Crippen LogP contribution in [-0.2, 0) is 20.8 Å². The van der Waals surface area contributed by atoms with Crippen molar-refractivity contribution in [3.63, 3.8) is 0 Å². The Hall–Kier alpha value is -0.633. The van der Waals surface area contributed by atoms with Gasteiger partial charge >= 0.3 is 0 Å². The van der Waals surface area contributed by atoms with Crippen LogP contribution in [0.15, 0.2) is 24.3 Å². The summed E-state index contributed by atoms with van der Waals surface area (Å²) in [6.45, 7) is 16.2. The largest absolute Gasteiger partial charge is 0.414 e. The third-order valence-electron chi connectivity index (χ3n) is 7.14. The molecule has 178 valence electrons. The lowest BCUT2D eigenvalue weighted by atomic mass is 9.64. The molecule has 0 radical (unpaired) electrons. The highest BCUT2D eigenvalue weighted by Gasteiger charge is 2.47. The first-order valence-corrected chi connectivity index (χ1v) is 15.4. The smallest absolute Gasteiger partial charge is 0.192 e. The summed E-state index contributed by atoms with van der Waals surface area (Å²) >= 11 is 0. The van der Waals surface area contributed by atoms with Crippen molar-refractivity contribution < 1.29 is 17.4 Å². The van der Waals surface area contributed by atoms with Gasteiger partial charge in [-0.25, -0.2) is 17.7 Å². The van der Waals surface area contributed by atoms with Gasteiger partial charge in [0.1, 0.15) is 12.5 Å². The maximum absolute atomic E-state index is 14.4. The molecule has 0 spiro atoms. The van der Waals surface area contributed by atoms with E-state index in [2.05, 4.69) is 38.6 Å². The van der Waals surface area contributed by atoms with Crippen molar-refractivity contribution >= 4 is 19.3 Å². The maximum Gasteiger partial charge on any atom is 0.192 e. The number of alkyl halides is 1. The van der Waals surface area contributed by atoms with Crippen LogP contribution in [0.5, 0.6) is 0 Å². The summed E-state index contributed by atoms with van der Waals surface area (Å²) in [7, 11) is -3.30. The fraction of sp³-hybridized carbons (Fsp3) is 0.750. The zero-order valence-electron chi connectivity index (χ0n) is 20.5. The molecule has 2 rings (SSSR count). The van der Waals surface area contributed by atoms with Crippen molar-refractivity contribution in [1.29, 1.82) is 0 Å². The van der Waals surface area contributed by atoms with Crippen LogP contribution in [0.25, 0.3) is 0 Å². The highest BCUT2D eigenvalue weighted by molar-refractivity contribution is 7.84.